The van der Waals surface area contributed by atoms with Gasteiger partial charge < -0.3 is 30.3 Å². The van der Waals surface area contributed by atoms with E-state index < -0.39 is 0 Å². The fourth-order valence-electron chi connectivity index (χ4n) is 3.71. The number of aliphatic hydroxyl groups is 1. The predicted octanol–water partition coefficient (Wildman–Crippen LogP) is 3.59. The molecular weight excluding hydrogens is 468 g/mol. The molecule has 1 aromatic heterocycles. The predicted molar refractivity (Wildman–Crippen MR) is 138 cm³/mol. The molecule has 1 atom stereocenters. The van der Waals surface area contributed by atoms with Crippen LogP contribution in [0.5, 0.6) is 0 Å². The lowest BCUT2D eigenvalue weighted by Crippen LogP contribution is -2.37. The lowest BCUT2D eigenvalue weighted by atomic mass is 10.1. The largest absolute Gasteiger partial charge is 0.394 e. The zero-order valence-electron chi connectivity index (χ0n) is 19.7. The minimum atomic E-state index is -0.354. The van der Waals surface area contributed by atoms with E-state index in [9.17, 15) is 9.90 Å². The molecule has 1 aliphatic heterocycles. The second-order valence-corrected chi connectivity index (χ2v) is 8.76. The summed E-state index contributed by atoms with van der Waals surface area (Å²) in [6.07, 6.45) is 1.67. The number of aliphatic hydroxyl groups excluding tert-OH is 1. The highest BCUT2D eigenvalue weighted by Crippen LogP contribution is 2.28. The molecule has 0 spiro atoms. The number of ether oxygens (including phenoxy) is 1. The molecule has 0 aliphatic carbocycles. The van der Waals surface area contributed by atoms with E-state index in [1.54, 1.807) is 19.2 Å². The minimum Gasteiger partial charge on any atom is -0.394 e. The zero-order valence-corrected chi connectivity index (χ0v) is 20.5. The number of carbonyl (C=O) groups excluding carboxylic acids is 1. The summed E-state index contributed by atoms with van der Waals surface area (Å²) in [6.45, 7) is 4.32. The standard InChI is InChI=1S/C25H29ClN6O3/c1-17(16-33)28-24(34)18-12-20(15-22(13-18)32-8-10-35-11-9-32)29-25-27-7-6-23(30-25)31(2)21-5-3-4-19(26)14-21/h3-7,12-15,17,33H,8-11,16H2,1-2H3,(H,28,34)(H,27,29,30)/t17-/m0/s1. The van der Waals surface area contributed by atoms with Crippen LogP contribution in [-0.4, -0.2) is 67.0 Å². The number of benzene rings is 2. The number of morpholine rings is 1. The van der Waals surface area contributed by atoms with Crippen molar-refractivity contribution in [3.63, 3.8) is 0 Å². The van der Waals surface area contributed by atoms with Crippen LogP contribution in [0.1, 0.15) is 17.3 Å². The Kier molecular flexibility index (Phi) is 8.02. The molecular formula is C25H29ClN6O3. The van der Waals surface area contributed by atoms with Gasteiger partial charge in [0, 0.05) is 60.0 Å². The summed E-state index contributed by atoms with van der Waals surface area (Å²) < 4.78 is 5.47. The van der Waals surface area contributed by atoms with Crippen molar-refractivity contribution < 1.29 is 14.6 Å². The fourth-order valence-corrected chi connectivity index (χ4v) is 3.90. The van der Waals surface area contributed by atoms with E-state index in [-0.39, 0.29) is 18.6 Å². The molecule has 1 aliphatic rings. The van der Waals surface area contributed by atoms with Crippen molar-refractivity contribution in [1.82, 2.24) is 15.3 Å². The number of amides is 1. The fraction of sp³-hybridized carbons (Fsp3) is 0.320. The molecule has 3 N–H and O–H groups in total. The Morgan fingerprint density at radius 1 is 1.23 bits per heavy atom. The van der Waals surface area contributed by atoms with E-state index in [0.29, 0.717) is 41.3 Å². The minimum absolute atomic E-state index is 0.138. The molecule has 3 aromatic rings. The Hall–Kier alpha value is -3.40. The third-order valence-electron chi connectivity index (χ3n) is 5.64. The Morgan fingerprint density at radius 3 is 2.77 bits per heavy atom. The van der Waals surface area contributed by atoms with E-state index in [0.717, 1.165) is 24.5 Å². The SMILES string of the molecule is C[C@@H](CO)NC(=O)c1cc(Nc2nccc(N(C)c3cccc(Cl)c3)n2)cc(N2CCOCC2)c1. The van der Waals surface area contributed by atoms with Crippen molar-refractivity contribution in [1.29, 1.82) is 0 Å². The van der Waals surface area contributed by atoms with E-state index in [4.69, 9.17) is 16.3 Å². The van der Waals surface area contributed by atoms with Crippen LogP contribution in [0, 0.1) is 0 Å². The molecule has 0 unspecified atom stereocenters. The summed E-state index contributed by atoms with van der Waals surface area (Å²) in [7, 11) is 1.90. The molecule has 1 amide bonds. The molecule has 35 heavy (non-hydrogen) atoms. The number of nitrogens with zero attached hydrogens (tertiary/aromatic N) is 4. The Balaban J connectivity index is 1.61. The number of halogens is 1. The van der Waals surface area contributed by atoms with Crippen LogP contribution in [0.2, 0.25) is 5.02 Å². The van der Waals surface area contributed by atoms with Gasteiger partial charge in [0.25, 0.3) is 5.91 Å². The maximum Gasteiger partial charge on any atom is 0.251 e. The number of anilines is 5. The lowest BCUT2D eigenvalue weighted by molar-refractivity contribution is 0.0922. The number of hydrogen-bond donors (Lipinski definition) is 3. The third-order valence-corrected chi connectivity index (χ3v) is 5.88. The van der Waals surface area contributed by atoms with Gasteiger partial charge >= 0.3 is 0 Å². The first-order valence-corrected chi connectivity index (χ1v) is 11.8. The first kappa shape index (κ1) is 24.7. The zero-order chi connectivity index (χ0) is 24.8. The highest BCUT2D eigenvalue weighted by atomic mass is 35.5. The Bertz CT molecular complexity index is 1170. The van der Waals surface area contributed by atoms with Crippen LogP contribution in [0.4, 0.5) is 28.8 Å². The summed E-state index contributed by atoms with van der Waals surface area (Å²) in [5.41, 5.74) is 2.95. The van der Waals surface area contributed by atoms with Crippen LogP contribution >= 0.6 is 11.6 Å². The molecule has 184 valence electrons. The van der Waals surface area contributed by atoms with Gasteiger partial charge in [-0.15, -0.1) is 0 Å². The van der Waals surface area contributed by atoms with Gasteiger partial charge in [-0.05, 0) is 49.4 Å². The van der Waals surface area contributed by atoms with Crippen molar-refractivity contribution in [2.75, 3.05) is 55.1 Å². The highest BCUT2D eigenvalue weighted by Gasteiger charge is 2.17. The highest BCUT2D eigenvalue weighted by molar-refractivity contribution is 6.30. The van der Waals surface area contributed by atoms with Crippen molar-refractivity contribution in [3.05, 3.63) is 65.3 Å². The van der Waals surface area contributed by atoms with Crippen LogP contribution < -0.4 is 20.4 Å². The first-order valence-electron chi connectivity index (χ1n) is 11.4. The Labute approximate surface area is 209 Å². The van der Waals surface area contributed by atoms with Crippen molar-refractivity contribution in [3.8, 4) is 0 Å². The summed E-state index contributed by atoms with van der Waals surface area (Å²) in [5.74, 6) is 0.814. The summed E-state index contributed by atoms with van der Waals surface area (Å²) in [4.78, 5) is 25.9. The maximum atomic E-state index is 12.8. The number of rotatable bonds is 8. The average molecular weight is 497 g/mol. The number of hydrogen-bond acceptors (Lipinski definition) is 8. The molecule has 0 bridgehead atoms. The van der Waals surface area contributed by atoms with Gasteiger partial charge in [-0.25, -0.2) is 4.98 Å². The smallest absolute Gasteiger partial charge is 0.251 e. The molecule has 10 heteroatoms. The number of nitrogens with one attached hydrogen (secondary N) is 2. The monoisotopic (exact) mass is 496 g/mol. The molecule has 2 heterocycles. The first-order chi connectivity index (χ1) is 16.9. The normalized spacial score (nSPS) is 14.3. The third kappa shape index (κ3) is 6.39. The van der Waals surface area contributed by atoms with Gasteiger partial charge in [-0.2, -0.15) is 4.98 Å². The topological polar surface area (TPSA) is 103 Å². The average Bonchev–Trinajstić information content (AvgIpc) is 2.88. The number of aromatic nitrogens is 2. The van der Waals surface area contributed by atoms with Gasteiger partial charge in [-0.1, -0.05) is 17.7 Å². The van der Waals surface area contributed by atoms with Crippen LogP contribution in [-0.2, 0) is 4.74 Å². The molecule has 1 fully saturated rings. The van der Waals surface area contributed by atoms with Gasteiger partial charge in [-0.3, -0.25) is 4.79 Å². The van der Waals surface area contributed by atoms with Gasteiger partial charge in [0.15, 0.2) is 0 Å². The number of carbonyl (C=O) groups is 1. The van der Waals surface area contributed by atoms with Crippen molar-refractivity contribution >= 4 is 46.3 Å². The Morgan fingerprint density at radius 2 is 2.03 bits per heavy atom. The lowest BCUT2D eigenvalue weighted by Gasteiger charge is -2.29. The summed E-state index contributed by atoms with van der Waals surface area (Å²) >= 11 is 6.14. The molecule has 0 saturated carbocycles. The van der Waals surface area contributed by atoms with Crippen LogP contribution in [0.3, 0.4) is 0 Å². The van der Waals surface area contributed by atoms with Crippen LogP contribution in [0.15, 0.2) is 54.7 Å². The summed E-state index contributed by atoms with van der Waals surface area (Å²) in [5, 5.41) is 16.0. The molecule has 2 aromatic carbocycles. The maximum absolute atomic E-state index is 12.8. The van der Waals surface area contributed by atoms with Gasteiger partial charge in [0.1, 0.15) is 5.82 Å². The quantitative estimate of drug-likeness (QED) is 0.435. The van der Waals surface area contributed by atoms with E-state index in [1.165, 1.54) is 0 Å². The van der Waals surface area contributed by atoms with Gasteiger partial charge in [0.05, 0.1) is 19.8 Å². The second-order valence-electron chi connectivity index (χ2n) is 8.33. The van der Waals surface area contributed by atoms with Crippen molar-refractivity contribution in [2.24, 2.45) is 0 Å². The van der Waals surface area contributed by atoms with Gasteiger partial charge in [0.2, 0.25) is 5.95 Å². The van der Waals surface area contributed by atoms with Crippen molar-refractivity contribution in [2.45, 2.75) is 13.0 Å². The second kappa shape index (κ2) is 11.4. The molecule has 4 rings (SSSR count). The van der Waals surface area contributed by atoms with E-state index >= 15 is 0 Å². The van der Waals surface area contributed by atoms with E-state index in [2.05, 4.69) is 25.5 Å². The van der Waals surface area contributed by atoms with Crippen LogP contribution in [0.25, 0.3) is 0 Å². The summed E-state index contributed by atoms with van der Waals surface area (Å²) in [6, 6.07) is 14.5. The van der Waals surface area contributed by atoms with E-state index in [1.807, 2.05) is 54.4 Å². The molecule has 9 nitrogen and oxygen atoms in total. The molecule has 1 saturated heterocycles. The molecule has 0 radical (unpaired) electrons.